The van der Waals surface area contributed by atoms with Gasteiger partial charge in [0.2, 0.25) is 0 Å². The molecule has 2 heterocycles. The van der Waals surface area contributed by atoms with Gasteiger partial charge in [-0.25, -0.2) is 4.98 Å². The third-order valence-corrected chi connectivity index (χ3v) is 2.24. The van der Waals surface area contributed by atoms with Gasteiger partial charge in [0.25, 0.3) is 0 Å². The Kier molecular flexibility index (Phi) is 2.02. The van der Waals surface area contributed by atoms with Crippen LogP contribution in [-0.2, 0) is 0 Å². The Hall–Kier alpha value is -1.35. The molecule has 2 N–H and O–H groups in total. The lowest BCUT2D eigenvalue weighted by Gasteiger charge is -2.37. The van der Waals surface area contributed by atoms with Gasteiger partial charge in [0.1, 0.15) is 5.82 Å². The Bertz CT molecular complexity index is 316. The van der Waals surface area contributed by atoms with E-state index in [9.17, 15) is 0 Å². The molecule has 0 radical (unpaired) electrons. The van der Waals surface area contributed by atoms with Crippen molar-refractivity contribution in [3.05, 3.63) is 30.5 Å². The Morgan fingerprint density at radius 3 is 3.00 bits per heavy atom. The normalized spacial score (nSPS) is 16.8. The second-order valence-corrected chi connectivity index (χ2v) is 3.32. The van der Waals surface area contributed by atoms with Gasteiger partial charge in [0.15, 0.2) is 0 Å². The first-order chi connectivity index (χ1) is 6.29. The zero-order chi connectivity index (χ0) is 9.26. The number of nitrogens with two attached hydrogens (primary N) is 1. The van der Waals surface area contributed by atoms with Gasteiger partial charge in [-0.3, -0.25) is 0 Å². The summed E-state index contributed by atoms with van der Waals surface area (Å²) in [5.74, 6) is 0.999. The fourth-order valence-electron chi connectivity index (χ4n) is 1.43. The molecule has 0 unspecified atom stereocenters. The topological polar surface area (TPSA) is 42.2 Å². The van der Waals surface area contributed by atoms with E-state index in [0.29, 0.717) is 6.04 Å². The third-order valence-electron chi connectivity index (χ3n) is 2.24. The van der Waals surface area contributed by atoms with Crippen LogP contribution in [0.25, 0.3) is 6.08 Å². The lowest BCUT2D eigenvalue weighted by molar-refractivity contribution is 0.514. The smallest absolute Gasteiger partial charge is 0.129 e. The number of nitrogens with zero attached hydrogens (tertiary/aromatic N) is 2. The molecule has 1 fully saturated rings. The van der Waals surface area contributed by atoms with Crippen LogP contribution in [-0.4, -0.2) is 24.1 Å². The molecule has 1 aliphatic rings. The highest BCUT2D eigenvalue weighted by molar-refractivity contribution is 5.54. The van der Waals surface area contributed by atoms with Gasteiger partial charge in [-0.1, -0.05) is 12.7 Å². The highest BCUT2D eigenvalue weighted by Gasteiger charge is 2.23. The number of pyridine rings is 1. The number of anilines is 1. The number of hydrogen-bond donors (Lipinski definition) is 1. The van der Waals surface area contributed by atoms with E-state index in [0.717, 1.165) is 24.5 Å². The Morgan fingerprint density at radius 1 is 1.62 bits per heavy atom. The van der Waals surface area contributed by atoms with Crippen molar-refractivity contribution in [3.63, 3.8) is 0 Å². The maximum atomic E-state index is 5.69. The fourth-order valence-corrected chi connectivity index (χ4v) is 1.43. The van der Waals surface area contributed by atoms with Crippen molar-refractivity contribution >= 4 is 11.9 Å². The van der Waals surface area contributed by atoms with Gasteiger partial charge < -0.3 is 10.6 Å². The average molecular weight is 175 g/mol. The van der Waals surface area contributed by atoms with Crippen molar-refractivity contribution in [3.8, 4) is 0 Å². The van der Waals surface area contributed by atoms with E-state index in [4.69, 9.17) is 5.73 Å². The van der Waals surface area contributed by atoms with Gasteiger partial charge in [-0.2, -0.15) is 0 Å². The summed E-state index contributed by atoms with van der Waals surface area (Å²) in [7, 11) is 0. The van der Waals surface area contributed by atoms with Crippen molar-refractivity contribution in [2.75, 3.05) is 18.0 Å². The number of aromatic nitrogens is 1. The summed E-state index contributed by atoms with van der Waals surface area (Å²) < 4.78 is 0. The van der Waals surface area contributed by atoms with E-state index in [1.807, 2.05) is 18.2 Å². The second-order valence-electron chi connectivity index (χ2n) is 3.32. The summed E-state index contributed by atoms with van der Waals surface area (Å²) in [4.78, 5) is 6.43. The Balaban J connectivity index is 2.16. The zero-order valence-corrected chi connectivity index (χ0v) is 7.48. The van der Waals surface area contributed by atoms with Gasteiger partial charge in [-0.05, 0) is 17.7 Å². The molecular weight excluding hydrogens is 162 g/mol. The molecule has 0 aromatic carbocycles. The molecule has 3 heteroatoms. The molecule has 2 rings (SSSR count). The second kappa shape index (κ2) is 3.18. The molecule has 3 nitrogen and oxygen atoms in total. The van der Waals surface area contributed by atoms with Crippen LogP contribution in [0.15, 0.2) is 24.9 Å². The quantitative estimate of drug-likeness (QED) is 0.725. The van der Waals surface area contributed by atoms with Crippen LogP contribution in [0.4, 0.5) is 5.82 Å². The maximum Gasteiger partial charge on any atom is 0.129 e. The van der Waals surface area contributed by atoms with Gasteiger partial charge in [0, 0.05) is 25.3 Å². The molecule has 0 atom stereocenters. The third kappa shape index (κ3) is 1.55. The van der Waals surface area contributed by atoms with Crippen molar-refractivity contribution < 1.29 is 0 Å². The van der Waals surface area contributed by atoms with E-state index in [1.165, 1.54) is 0 Å². The molecule has 0 aliphatic carbocycles. The highest BCUT2D eigenvalue weighted by Crippen LogP contribution is 2.18. The van der Waals surface area contributed by atoms with Crippen LogP contribution in [0, 0.1) is 0 Å². The molecule has 1 aromatic heterocycles. The average Bonchev–Trinajstić information content (AvgIpc) is 2.13. The largest absolute Gasteiger partial charge is 0.353 e. The summed E-state index contributed by atoms with van der Waals surface area (Å²) in [5, 5.41) is 0. The molecule has 1 aromatic rings. The minimum atomic E-state index is 0.314. The minimum absolute atomic E-state index is 0.314. The Morgan fingerprint density at radius 2 is 2.38 bits per heavy atom. The molecule has 68 valence electrons. The molecule has 1 saturated heterocycles. The summed E-state index contributed by atoms with van der Waals surface area (Å²) in [6, 6.07) is 4.28. The van der Waals surface area contributed by atoms with Crippen LogP contribution in [0.5, 0.6) is 0 Å². The number of rotatable bonds is 2. The van der Waals surface area contributed by atoms with E-state index in [1.54, 1.807) is 6.20 Å². The van der Waals surface area contributed by atoms with Crippen LogP contribution in [0.2, 0.25) is 0 Å². The maximum absolute atomic E-state index is 5.69. The summed E-state index contributed by atoms with van der Waals surface area (Å²) in [6.45, 7) is 5.54. The first-order valence-corrected chi connectivity index (χ1v) is 4.38. The van der Waals surface area contributed by atoms with Crippen LogP contribution < -0.4 is 10.6 Å². The van der Waals surface area contributed by atoms with Crippen LogP contribution >= 0.6 is 0 Å². The molecule has 13 heavy (non-hydrogen) atoms. The summed E-state index contributed by atoms with van der Waals surface area (Å²) in [6.07, 6.45) is 3.63. The van der Waals surface area contributed by atoms with Gasteiger partial charge >= 0.3 is 0 Å². The Labute approximate surface area is 77.9 Å². The van der Waals surface area contributed by atoms with Crippen molar-refractivity contribution in [2.45, 2.75) is 6.04 Å². The molecular formula is C10H13N3. The van der Waals surface area contributed by atoms with Crippen molar-refractivity contribution in [1.29, 1.82) is 0 Å². The van der Waals surface area contributed by atoms with E-state index in [2.05, 4.69) is 16.5 Å². The first-order valence-electron chi connectivity index (χ1n) is 4.38. The van der Waals surface area contributed by atoms with Crippen molar-refractivity contribution in [2.24, 2.45) is 5.73 Å². The monoisotopic (exact) mass is 175 g/mol. The molecule has 0 bridgehead atoms. The van der Waals surface area contributed by atoms with E-state index in [-0.39, 0.29) is 0 Å². The van der Waals surface area contributed by atoms with Gasteiger partial charge in [0.05, 0.1) is 0 Å². The highest BCUT2D eigenvalue weighted by atomic mass is 15.3. The van der Waals surface area contributed by atoms with Crippen molar-refractivity contribution in [1.82, 2.24) is 4.98 Å². The predicted molar refractivity (Wildman–Crippen MR) is 54.5 cm³/mol. The molecule has 1 aliphatic heterocycles. The zero-order valence-electron chi connectivity index (χ0n) is 7.48. The lowest BCUT2D eigenvalue weighted by Crippen LogP contribution is -2.56. The molecule has 0 amide bonds. The SMILES string of the molecule is C=Cc1ccnc(N2CC(N)C2)c1. The van der Waals surface area contributed by atoms with E-state index < -0.39 is 0 Å². The fraction of sp³-hybridized carbons (Fsp3) is 0.300. The van der Waals surface area contributed by atoms with E-state index >= 15 is 0 Å². The van der Waals surface area contributed by atoms with Crippen LogP contribution in [0.1, 0.15) is 5.56 Å². The molecule has 0 spiro atoms. The lowest BCUT2D eigenvalue weighted by atomic mass is 10.1. The van der Waals surface area contributed by atoms with Gasteiger partial charge in [-0.15, -0.1) is 0 Å². The van der Waals surface area contributed by atoms with Crippen LogP contribution in [0.3, 0.4) is 0 Å². The first kappa shape index (κ1) is 8.26. The minimum Gasteiger partial charge on any atom is -0.353 e. The predicted octanol–water partition coefficient (Wildman–Crippen LogP) is 0.872. The standard InChI is InChI=1S/C10H13N3/c1-2-8-3-4-12-10(5-8)13-6-9(11)7-13/h2-5,9H,1,6-7,11H2. The molecule has 0 saturated carbocycles. The summed E-state index contributed by atoms with van der Waals surface area (Å²) in [5.41, 5.74) is 6.79. The number of hydrogen-bond acceptors (Lipinski definition) is 3. The summed E-state index contributed by atoms with van der Waals surface area (Å²) >= 11 is 0.